The van der Waals surface area contributed by atoms with Gasteiger partial charge in [0, 0.05) is 34.3 Å². The molecule has 1 N–H and O–H groups in total. The van der Waals surface area contributed by atoms with Gasteiger partial charge in [-0.2, -0.15) is 0 Å². The lowest BCUT2D eigenvalue weighted by Gasteiger charge is -2.11. The van der Waals surface area contributed by atoms with Gasteiger partial charge in [-0.3, -0.25) is 4.79 Å². The van der Waals surface area contributed by atoms with Crippen molar-refractivity contribution in [2.45, 2.75) is 13.8 Å². The fraction of sp³-hybridized carbons (Fsp3) is 0.115. The van der Waals surface area contributed by atoms with Crippen LogP contribution >= 0.6 is 0 Å². The van der Waals surface area contributed by atoms with Gasteiger partial charge in [-0.05, 0) is 54.8 Å². The van der Waals surface area contributed by atoms with Crippen LogP contribution in [0.3, 0.4) is 0 Å². The predicted octanol–water partition coefficient (Wildman–Crippen LogP) is 6.60. The Kier molecular flexibility index (Phi) is 5.58. The summed E-state index contributed by atoms with van der Waals surface area (Å²) in [4.78, 5) is 12.6. The van der Waals surface area contributed by atoms with Crippen LogP contribution in [0.15, 0.2) is 77.4 Å². The van der Waals surface area contributed by atoms with Gasteiger partial charge in [0.15, 0.2) is 0 Å². The molecule has 0 fully saturated rings. The number of hydrogen-bond donors (Lipinski definition) is 1. The highest BCUT2D eigenvalue weighted by Crippen LogP contribution is 2.37. The van der Waals surface area contributed by atoms with Crippen LogP contribution in [0.4, 0.5) is 10.1 Å². The van der Waals surface area contributed by atoms with Crippen molar-refractivity contribution in [3.63, 3.8) is 0 Å². The Balaban J connectivity index is 1.72. The monoisotopic (exact) mass is 415 g/mol. The van der Waals surface area contributed by atoms with Gasteiger partial charge in [-0.1, -0.05) is 30.3 Å². The zero-order valence-corrected chi connectivity index (χ0v) is 17.5. The molecule has 0 aliphatic rings. The lowest BCUT2D eigenvalue weighted by atomic mass is 9.99. The van der Waals surface area contributed by atoms with E-state index in [1.165, 1.54) is 12.1 Å². The maximum atomic E-state index is 13.3. The minimum absolute atomic E-state index is 0.222. The van der Waals surface area contributed by atoms with Crippen molar-refractivity contribution >= 4 is 28.1 Å². The molecule has 0 aliphatic heterocycles. The zero-order valence-electron chi connectivity index (χ0n) is 17.5. The van der Waals surface area contributed by atoms with Crippen LogP contribution in [0, 0.1) is 12.7 Å². The number of allylic oxidation sites excluding steroid dienone is 1. The van der Waals surface area contributed by atoms with Crippen molar-refractivity contribution < 1.29 is 18.3 Å². The van der Waals surface area contributed by atoms with E-state index in [0.717, 1.165) is 38.9 Å². The second kappa shape index (κ2) is 8.48. The Morgan fingerprint density at radius 1 is 1.10 bits per heavy atom. The molecule has 0 saturated heterocycles. The smallest absolute Gasteiger partial charge is 0.248 e. The number of benzene rings is 3. The Labute approximate surface area is 180 Å². The number of methoxy groups -OCH3 is 1. The SMILES string of the molecule is COc1cc2occ(-c3ccc(F)cc3)c2cc1/C(C)=C/C(=O)Nc1ccccc1C. The maximum Gasteiger partial charge on any atom is 0.248 e. The molecule has 156 valence electrons. The minimum Gasteiger partial charge on any atom is -0.496 e. The molecular weight excluding hydrogens is 393 g/mol. The largest absolute Gasteiger partial charge is 0.496 e. The van der Waals surface area contributed by atoms with Gasteiger partial charge in [-0.15, -0.1) is 0 Å². The second-order valence-electron chi connectivity index (χ2n) is 7.34. The number of amides is 1. The summed E-state index contributed by atoms with van der Waals surface area (Å²) in [5.74, 6) is 0.0854. The highest BCUT2D eigenvalue weighted by molar-refractivity contribution is 6.05. The van der Waals surface area contributed by atoms with Crippen molar-refractivity contribution in [3.8, 4) is 16.9 Å². The first kappa shape index (κ1) is 20.4. The van der Waals surface area contributed by atoms with Crippen LogP contribution < -0.4 is 10.1 Å². The average molecular weight is 415 g/mol. The van der Waals surface area contributed by atoms with E-state index >= 15 is 0 Å². The molecule has 1 heterocycles. The minimum atomic E-state index is -0.294. The van der Waals surface area contributed by atoms with Gasteiger partial charge < -0.3 is 14.5 Å². The molecule has 0 unspecified atom stereocenters. The molecule has 4 aromatic rings. The number of fused-ring (bicyclic) bond motifs is 1. The molecule has 0 spiro atoms. The third-order valence-electron chi connectivity index (χ3n) is 5.23. The van der Waals surface area contributed by atoms with Crippen molar-refractivity contribution in [2.75, 3.05) is 12.4 Å². The Bertz CT molecular complexity index is 1290. The summed E-state index contributed by atoms with van der Waals surface area (Å²) in [6.07, 6.45) is 3.19. The van der Waals surface area contributed by atoms with Crippen molar-refractivity contribution in [3.05, 3.63) is 89.9 Å². The standard InChI is InChI=1S/C26H22FNO3/c1-16-6-4-5-7-23(16)28-26(29)12-17(2)20-13-21-22(18-8-10-19(27)11-9-18)15-31-25(21)14-24(20)30-3/h4-15H,1-3H3,(H,28,29)/b17-12+. The quantitative estimate of drug-likeness (QED) is 0.374. The first-order valence-corrected chi connectivity index (χ1v) is 9.86. The number of aryl methyl sites for hydroxylation is 1. The van der Waals surface area contributed by atoms with Crippen molar-refractivity contribution in [2.24, 2.45) is 0 Å². The number of carbonyl (C=O) groups excluding carboxylic acids is 1. The van der Waals surface area contributed by atoms with Crippen LogP contribution in [0.25, 0.3) is 27.7 Å². The van der Waals surface area contributed by atoms with E-state index < -0.39 is 0 Å². The lowest BCUT2D eigenvalue weighted by Crippen LogP contribution is -2.09. The van der Waals surface area contributed by atoms with Gasteiger partial charge in [0.2, 0.25) is 5.91 Å². The van der Waals surface area contributed by atoms with Crippen molar-refractivity contribution in [1.29, 1.82) is 0 Å². The summed E-state index contributed by atoms with van der Waals surface area (Å²) in [6, 6.07) is 17.6. The molecule has 0 aliphatic carbocycles. The Hall–Kier alpha value is -3.86. The van der Waals surface area contributed by atoms with Gasteiger partial charge in [0.1, 0.15) is 17.1 Å². The molecule has 4 rings (SSSR count). The summed E-state index contributed by atoms with van der Waals surface area (Å²) < 4.78 is 24.6. The number of halogens is 1. The highest BCUT2D eigenvalue weighted by atomic mass is 19.1. The summed E-state index contributed by atoms with van der Waals surface area (Å²) in [7, 11) is 1.58. The summed E-state index contributed by atoms with van der Waals surface area (Å²) >= 11 is 0. The summed E-state index contributed by atoms with van der Waals surface area (Å²) in [6.45, 7) is 3.80. The van der Waals surface area contributed by atoms with E-state index in [9.17, 15) is 9.18 Å². The van der Waals surface area contributed by atoms with E-state index in [0.29, 0.717) is 11.3 Å². The Morgan fingerprint density at radius 3 is 2.55 bits per heavy atom. The van der Waals surface area contributed by atoms with Crippen LogP contribution in [0.2, 0.25) is 0 Å². The lowest BCUT2D eigenvalue weighted by molar-refractivity contribution is -0.111. The van der Waals surface area contributed by atoms with Gasteiger partial charge in [0.25, 0.3) is 0 Å². The molecule has 0 bridgehead atoms. The van der Waals surface area contributed by atoms with Gasteiger partial charge in [0.05, 0.1) is 13.4 Å². The number of rotatable bonds is 5. The van der Waals surface area contributed by atoms with E-state index in [4.69, 9.17) is 9.15 Å². The van der Waals surface area contributed by atoms with E-state index in [1.807, 2.05) is 44.2 Å². The average Bonchev–Trinajstić information content (AvgIpc) is 3.17. The second-order valence-corrected chi connectivity index (χ2v) is 7.34. The highest BCUT2D eigenvalue weighted by Gasteiger charge is 2.15. The molecule has 0 radical (unpaired) electrons. The first-order valence-electron chi connectivity index (χ1n) is 9.86. The molecule has 0 saturated carbocycles. The molecule has 4 nitrogen and oxygen atoms in total. The first-order chi connectivity index (χ1) is 15.0. The van der Waals surface area contributed by atoms with Crippen molar-refractivity contribution in [1.82, 2.24) is 0 Å². The molecule has 1 aromatic heterocycles. The summed E-state index contributed by atoms with van der Waals surface area (Å²) in [5, 5.41) is 3.77. The fourth-order valence-electron chi connectivity index (χ4n) is 3.54. The molecule has 0 atom stereocenters. The van der Waals surface area contributed by atoms with Gasteiger partial charge in [-0.25, -0.2) is 4.39 Å². The van der Waals surface area contributed by atoms with Crippen LogP contribution in [0.5, 0.6) is 5.75 Å². The van der Waals surface area contributed by atoms with Gasteiger partial charge >= 0.3 is 0 Å². The molecule has 3 aromatic carbocycles. The molecule has 31 heavy (non-hydrogen) atoms. The number of carbonyl (C=O) groups is 1. The third kappa shape index (κ3) is 4.21. The number of anilines is 1. The summed E-state index contributed by atoms with van der Waals surface area (Å²) in [5.41, 5.74) is 5.62. The fourth-order valence-corrected chi connectivity index (χ4v) is 3.54. The van der Waals surface area contributed by atoms with E-state index in [-0.39, 0.29) is 11.7 Å². The number of nitrogens with one attached hydrogen (secondary N) is 1. The molecule has 1 amide bonds. The maximum absolute atomic E-state index is 13.3. The number of hydrogen-bond acceptors (Lipinski definition) is 3. The number of ether oxygens (including phenoxy) is 1. The molecular formula is C26H22FNO3. The zero-order chi connectivity index (χ0) is 22.0. The van der Waals surface area contributed by atoms with E-state index in [1.54, 1.807) is 37.6 Å². The third-order valence-corrected chi connectivity index (χ3v) is 5.23. The number of furan rings is 1. The predicted molar refractivity (Wildman–Crippen MR) is 122 cm³/mol. The topological polar surface area (TPSA) is 51.5 Å². The van der Waals surface area contributed by atoms with E-state index in [2.05, 4.69) is 5.32 Å². The normalized spacial score (nSPS) is 11.5. The van der Waals surface area contributed by atoms with Crippen LogP contribution in [-0.4, -0.2) is 13.0 Å². The number of para-hydroxylation sites is 1. The molecule has 5 heteroatoms. The Morgan fingerprint density at radius 2 is 1.84 bits per heavy atom. The van der Waals surface area contributed by atoms with Crippen LogP contribution in [0.1, 0.15) is 18.1 Å². The van der Waals surface area contributed by atoms with Crippen LogP contribution in [-0.2, 0) is 4.79 Å².